The molecule has 6 rings (SSSR count). The van der Waals surface area contributed by atoms with Gasteiger partial charge >= 0.3 is 11.9 Å². The van der Waals surface area contributed by atoms with E-state index in [1.165, 1.54) is 10.6 Å². The van der Waals surface area contributed by atoms with Crippen LogP contribution < -0.4 is 10.6 Å². The Morgan fingerprint density at radius 1 is 1.10 bits per heavy atom. The van der Waals surface area contributed by atoms with E-state index in [4.69, 9.17) is 0 Å². The van der Waals surface area contributed by atoms with Crippen molar-refractivity contribution in [1.82, 2.24) is 19.4 Å². The van der Waals surface area contributed by atoms with Crippen molar-refractivity contribution in [3.8, 4) is 11.1 Å². The molecule has 1 atom stereocenters. The number of benzene rings is 2. The number of anilines is 1. The fourth-order valence-corrected chi connectivity index (χ4v) is 7.10. The van der Waals surface area contributed by atoms with Gasteiger partial charge in [-0.1, -0.05) is 6.58 Å². The number of nitrogens with zero attached hydrogens (tertiary/aromatic N) is 5. The molecule has 0 radical (unpaired) electrons. The topological polar surface area (TPSA) is 61.7 Å². The van der Waals surface area contributed by atoms with Crippen molar-refractivity contribution in [2.24, 2.45) is 0 Å². The average molecular weight is 592 g/mol. The van der Waals surface area contributed by atoms with Crippen LogP contribution in [0.15, 0.2) is 46.6 Å². The lowest BCUT2D eigenvalue weighted by Crippen LogP contribution is -2.49. The first-order chi connectivity index (χ1) is 19.6. The Labute approximate surface area is 236 Å². The van der Waals surface area contributed by atoms with Gasteiger partial charge in [0, 0.05) is 66.0 Å². The molecule has 0 spiro atoms. The molecule has 13 heteroatoms. The molecular weight excluding hydrogens is 565 g/mol. The zero-order valence-corrected chi connectivity index (χ0v) is 22.7. The Morgan fingerprint density at radius 3 is 2.44 bits per heavy atom. The highest BCUT2D eigenvalue weighted by molar-refractivity contribution is 7.99. The van der Waals surface area contributed by atoms with Gasteiger partial charge in [-0.15, -0.1) is 11.8 Å². The molecule has 4 heterocycles. The van der Waals surface area contributed by atoms with E-state index in [2.05, 4.69) is 16.5 Å². The number of amides is 1. The summed E-state index contributed by atoms with van der Waals surface area (Å²) < 4.78 is 74.3. The number of likely N-dealkylation sites (tertiary alicyclic amines) is 1. The molecule has 0 N–H and O–H groups in total. The van der Waals surface area contributed by atoms with E-state index in [0.717, 1.165) is 49.5 Å². The summed E-state index contributed by atoms with van der Waals surface area (Å²) in [6, 6.07) is 3.06. The first-order valence-electron chi connectivity index (χ1n) is 13.2. The second-order valence-electron chi connectivity index (χ2n) is 10.4. The van der Waals surface area contributed by atoms with Crippen molar-refractivity contribution in [2.75, 3.05) is 56.5 Å². The van der Waals surface area contributed by atoms with E-state index in [1.54, 1.807) is 9.80 Å². The van der Waals surface area contributed by atoms with Crippen molar-refractivity contribution in [3.05, 3.63) is 64.6 Å². The minimum atomic E-state index is -4.89. The number of hydrogen-bond donors (Lipinski definition) is 0. The van der Waals surface area contributed by atoms with Gasteiger partial charge in [-0.05, 0) is 43.8 Å². The van der Waals surface area contributed by atoms with Crippen LogP contribution in [0.3, 0.4) is 0 Å². The van der Waals surface area contributed by atoms with Crippen LogP contribution in [0.5, 0.6) is 0 Å². The van der Waals surface area contributed by atoms with Crippen LogP contribution in [0.2, 0.25) is 0 Å². The average Bonchev–Trinajstić information content (AvgIpc) is 2.92. The molecule has 3 aliphatic heterocycles. The predicted molar refractivity (Wildman–Crippen MR) is 146 cm³/mol. The minimum Gasteiger partial charge on any atom is -0.352 e. The highest BCUT2D eigenvalue weighted by Crippen LogP contribution is 2.50. The van der Waals surface area contributed by atoms with E-state index >= 15 is 4.39 Å². The van der Waals surface area contributed by atoms with E-state index in [-0.39, 0.29) is 59.7 Å². The van der Waals surface area contributed by atoms with Crippen molar-refractivity contribution < 1.29 is 26.7 Å². The molecule has 0 saturated carbocycles. The molecule has 1 amide bonds. The molecule has 2 saturated heterocycles. The smallest absolute Gasteiger partial charge is 0.352 e. The molecule has 41 heavy (non-hydrogen) atoms. The highest BCUT2D eigenvalue weighted by Gasteiger charge is 2.40. The second kappa shape index (κ2) is 10.4. The van der Waals surface area contributed by atoms with Gasteiger partial charge in [-0.25, -0.2) is 13.6 Å². The summed E-state index contributed by atoms with van der Waals surface area (Å²) in [5, 5.41) is 0.127. The summed E-state index contributed by atoms with van der Waals surface area (Å²) in [5.41, 5.74) is -2.24. The van der Waals surface area contributed by atoms with Crippen molar-refractivity contribution in [2.45, 2.75) is 23.5 Å². The predicted octanol–water partition coefficient (Wildman–Crippen LogP) is 4.55. The maximum absolute atomic E-state index is 15.1. The van der Waals surface area contributed by atoms with Crippen molar-refractivity contribution in [3.63, 3.8) is 0 Å². The van der Waals surface area contributed by atoms with Crippen LogP contribution in [-0.2, 0) is 11.0 Å². The van der Waals surface area contributed by atoms with E-state index in [1.807, 2.05) is 0 Å². The number of thioether (sulfide) groups is 1. The van der Waals surface area contributed by atoms with Gasteiger partial charge in [0.1, 0.15) is 17.5 Å². The minimum absolute atomic E-state index is 0.0926. The van der Waals surface area contributed by atoms with Crippen LogP contribution in [0.25, 0.3) is 22.0 Å². The van der Waals surface area contributed by atoms with Gasteiger partial charge in [0.2, 0.25) is 5.91 Å². The maximum Gasteiger partial charge on any atom is 0.417 e. The summed E-state index contributed by atoms with van der Waals surface area (Å²) >= 11 is 1.14. The Bertz CT molecular complexity index is 1610. The van der Waals surface area contributed by atoms with Gasteiger partial charge in [-0.3, -0.25) is 9.36 Å². The normalized spacial score (nSPS) is 19.4. The van der Waals surface area contributed by atoms with Gasteiger partial charge in [-0.2, -0.15) is 18.2 Å². The number of piperazine rings is 1. The summed E-state index contributed by atoms with van der Waals surface area (Å²) in [6.07, 6.45) is -2.66. The monoisotopic (exact) mass is 591 g/mol. The zero-order valence-electron chi connectivity index (χ0n) is 21.9. The van der Waals surface area contributed by atoms with Crippen LogP contribution in [0.1, 0.15) is 18.0 Å². The Morgan fingerprint density at radius 2 is 1.83 bits per heavy atom. The maximum atomic E-state index is 15.1. The fraction of sp³-hybridized carbons (Fsp3) is 0.393. The molecule has 0 aliphatic carbocycles. The molecule has 2 aromatic carbocycles. The SMILES string of the molecule is C=CC(=O)N1CCN(c2nc(=O)n3c4c(c(-c5ccc(F)cc5F)c(C(F)(F)F)cc24)SCC3CN2CCC2)CC1. The lowest BCUT2D eigenvalue weighted by Gasteiger charge is -2.39. The first kappa shape index (κ1) is 27.7. The number of rotatable bonds is 5. The highest BCUT2D eigenvalue weighted by atomic mass is 32.2. The summed E-state index contributed by atoms with van der Waals surface area (Å²) in [6.45, 7) is 6.82. The summed E-state index contributed by atoms with van der Waals surface area (Å²) in [4.78, 5) is 35.6. The number of alkyl halides is 3. The number of carbonyl (C=O) groups is 1. The third kappa shape index (κ3) is 4.88. The molecule has 3 aliphatic rings. The molecule has 0 bridgehead atoms. The Balaban J connectivity index is 1.60. The fourth-order valence-electron chi connectivity index (χ4n) is 5.78. The number of carbonyl (C=O) groups excluding carboxylic acids is 1. The third-order valence-electron chi connectivity index (χ3n) is 7.92. The molecular formula is C28H26F5N5O2S. The lowest BCUT2D eigenvalue weighted by atomic mass is 9.95. The lowest BCUT2D eigenvalue weighted by molar-refractivity contribution is -0.137. The summed E-state index contributed by atoms with van der Waals surface area (Å²) in [7, 11) is 0. The van der Waals surface area contributed by atoms with Crippen LogP contribution in [0, 0.1) is 11.6 Å². The van der Waals surface area contributed by atoms with Crippen LogP contribution >= 0.6 is 11.8 Å². The largest absolute Gasteiger partial charge is 0.417 e. The third-order valence-corrected chi connectivity index (χ3v) is 9.16. The zero-order chi connectivity index (χ0) is 29.1. The first-order valence-corrected chi connectivity index (χ1v) is 14.2. The van der Waals surface area contributed by atoms with Crippen LogP contribution in [-0.4, -0.2) is 76.8 Å². The van der Waals surface area contributed by atoms with E-state index < -0.39 is 40.2 Å². The molecule has 216 valence electrons. The van der Waals surface area contributed by atoms with Crippen LogP contribution in [0.4, 0.5) is 27.8 Å². The van der Waals surface area contributed by atoms with Gasteiger partial charge in [0.15, 0.2) is 0 Å². The van der Waals surface area contributed by atoms with E-state index in [0.29, 0.717) is 18.4 Å². The quantitative estimate of drug-likeness (QED) is 0.321. The Kier molecular flexibility index (Phi) is 7.05. The van der Waals surface area contributed by atoms with Crippen molar-refractivity contribution in [1.29, 1.82) is 0 Å². The number of halogens is 5. The van der Waals surface area contributed by atoms with Crippen molar-refractivity contribution >= 4 is 34.4 Å². The summed E-state index contributed by atoms with van der Waals surface area (Å²) in [5.74, 6) is -1.91. The molecule has 1 aromatic heterocycles. The molecule has 3 aromatic rings. The van der Waals surface area contributed by atoms with E-state index in [9.17, 15) is 27.2 Å². The standard InChI is InChI=1S/C28H26F5N5O2S/c1-2-22(39)36-8-10-37(11-9-36)26-19-13-20(28(31,32)33)23(18-5-4-16(29)12-21(18)30)25-24(19)38(27(40)34-26)17(15-41-25)14-35-6-3-7-35/h2,4-5,12-13,17H,1,3,6-11,14-15H2. The number of aromatic nitrogens is 2. The van der Waals surface area contributed by atoms with Gasteiger partial charge in [0.05, 0.1) is 17.1 Å². The van der Waals surface area contributed by atoms with Gasteiger partial charge in [0.25, 0.3) is 0 Å². The molecule has 7 nitrogen and oxygen atoms in total. The van der Waals surface area contributed by atoms with Gasteiger partial charge < -0.3 is 14.7 Å². The Hall–Kier alpha value is -3.45. The second-order valence-corrected chi connectivity index (χ2v) is 11.4. The molecule has 2 fully saturated rings. The number of hydrogen-bond acceptors (Lipinski definition) is 6. The molecule has 1 unspecified atom stereocenters.